The minimum Gasteiger partial charge on any atom is -0.358 e. The topological polar surface area (TPSA) is 27.8 Å². The third kappa shape index (κ3) is 1.11. The molecule has 1 saturated heterocycles. The summed E-state index contributed by atoms with van der Waals surface area (Å²) >= 11 is 0. The first-order valence-electron chi connectivity index (χ1n) is 6.24. The van der Waals surface area contributed by atoms with Crippen molar-refractivity contribution in [2.75, 3.05) is 6.54 Å². The van der Waals surface area contributed by atoms with E-state index in [1.165, 1.54) is 42.4 Å². The van der Waals surface area contributed by atoms with E-state index < -0.39 is 0 Å². The molecule has 16 heavy (non-hydrogen) atoms. The first-order chi connectivity index (χ1) is 7.92. The zero-order valence-electron chi connectivity index (χ0n) is 9.29. The molecule has 2 aliphatic rings. The van der Waals surface area contributed by atoms with Gasteiger partial charge in [-0.05, 0) is 37.4 Å². The molecule has 0 amide bonds. The highest BCUT2D eigenvalue weighted by Gasteiger charge is 2.32. The first-order valence-corrected chi connectivity index (χ1v) is 6.24. The molecule has 1 aliphatic heterocycles. The second-order valence-electron chi connectivity index (χ2n) is 5.14. The normalized spacial score (nSPS) is 28.0. The molecule has 4 rings (SSSR count). The largest absolute Gasteiger partial charge is 0.358 e. The molecule has 2 atom stereocenters. The smallest absolute Gasteiger partial charge is 0.0459 e. The van der Waals surface area contributed by atoms with E-state index in [4.69, 9.17) is 0 Å². The number of benzene rings is 1. The van der Waals surface area contributed by atoms with Gasteiger partial charge in [-0.15, -0.1) is 0 Å². The van der Waals surface area contributed by atoms with Gasteiger partial charge in [-0.3, -0.25) is 0 Å². The van der Waals surface area contributed by atoms with Crippen molar-refractivity contribution in [3.63, 3.8) is 0 Å². The van der Waals surface area contributed by atoms with Crippen molar-refractivity contribution in [1.82, 2.24) is 10.3 Å². The predicted octanol–water partition coefficient (Wildman–Crippen LogP) is 2.56. The van der Waals surface area contributed by atoms with Crippen LogP contribution in [0.5, 0.6) is 0 Å². The van der Waals surface area contributed by atoms with Crippen molar-refractivity contribution in [3.8, 4) is 0 Å². The Morgan fingerprint density at radius 2 is 2.12 bits per heavy atom. The lowest BCUT2D eigenvalue weighted by Crippen LogP contribution is -2.41. The van der Waals surface area contributed by atoms with Crippen molar-refractivity contribution in [1.29, 1.82) is 0 Å². The van der Waals surface area contributed by atoms with E-state index in [1.807, 2.05) is 0 Å². The van der Waals surface area contributed by atoms with Crippen LogP contribution in [0.1, 0.15) is 30.0 Å². The van der Waals surface area contributed by atoms with Gasteiger partial charge in [-0.2, -0.15) is 0 Å². The molecular weight excluding hydrogens is 196 g/mol. The van der Waals surface area contributed by atoms with Crippen LogP contribution in [0.25, 0.3) is 10.9 Å². The quantitative estimate of drug-likeness (QED) is 0.690. The molecule has 1 aromatic carbocycles. The van der Waals surface area contributed by atoms with Crippen LogP contribution in [0, 0.1) is 0 Å². The lowest BCUT2D eigenvalue weighted by atomic mass is 9.79. The van der Waals surface area contributed by atoms with E-state index in [-0.39, 0.29) is 0 Å². The van der Waals surface area contributed by atoms with Gasteiger partial charge in [0.25, 0.3) is 0 Å². The second kappa shape index (κ2) is 3.11. The lowest BCUT2D eigenvalue weighted by Gasteiger charge is -2.35. The summed E-state index contributed by atoms with van der Waals surface area (Å²) in [5.74, 6) is 0.766. The fourth-order valence-electron chi connectivity index (χ4n) is 3.46. The molecule has 0 saturated carbocycles. The maximum absolute atomic E-state index is 3.64. The van der Waals surface area contributed by atoms with Crippen molar-refractivity contribution >= 4 is 10.9 Å². The van der Waals surface area contributed by atoms with Crippen LogP contribution < -0.4 is 5.32 Å². The van der Waals surface area contributed by atoms with E-state index in [2.05, 4.69) is 34.6 Å². The SMILES string of the molecule is c1ccc2c3c([nH]c2c1)[C@H]1CCN[C@@H](C3)C1. The van der Waals surface area contributed by atoms with Crippen LogP contribution in [0.2, 0.25) is 0 Å². The van der Waals surface area contributed by atoms with Crippen molar-refractivity contribution < 1.29 is 0 Å². The standard InChI is InChI=1S/C14H16N2/c1-2-4-13-11(3-1)12-8-10-7-9(5-6-15-10)14(12)16-13/h1-4,9-10,15-16H,5-8H2/t9-,10+/m0/s1. The Morgan fingerprint density at radius 3 is 3.12 bits per heavy atom. The zero-order valence-corrected chi connectivity index (χ0v) is 9.29. The summed E-state index contributed by atoms with van der Waals surface area (Å²) in [6.07, 6.45) is 3.81. The van der Waals surface area contributed by atoms with E-state index in [1.54, 1.807) is 5.56 Å². The van der Waals surface area contributed by atoms with Gasteiger partial charge in [0.15, 0.2) is 0 Å². The van der Waals surface area contributed by atoms with Crippen LogP contribution in [0.4, 0.5) is 0 Å². The van der Waals surface area contributed by atoms with Gasteiger partial charge in [-0.25, -0.2) is 0 Å². The Hall–Kier alpha value is -1.28. The monoisotopic (exact) mass is 212 g/mol. The molecule has 2 heteroatoms. The van der Waals surface area contributed by atoms with E-state index in [9.17, 15) is 0 Å². The number of rotatable bonds is 0. The molecule has 1 fully saturated rings. The van der Waals surface area contributed by atoms with Crippen LogP contribution in [-0.2, 0) is 6.42 Å². The van der Waals surface area contributed by atoms with Gasteiger partial charge < -0.3 is 10.3 Å². The number of hydrogen-bond acceptors (Lipinski definition) is 1. The van der Waals surface area contributed by atoms with Gasteiger partial charge >= 0.3 is 0 Å². The summed E-state index contributed by atoms with van der Waals surface area (Å²) in [5, 5.41) is 5.07. The molecule has 2 aromatic rings. The maximum Gasteiger partial charge on any atom is 0.0459 e. The molecule has 82 valence electrons. The number of para-hydroxylation sites is 1. The van der Waals surface area contributed by atoms with Crippen LogP contribution >= 0.6 is 0 Å². The summed E-state index contributed by atoms with van der Waals surface area (Å²) in [6, 6.07) is 9.44. The fourth-order valence-corrected chi connectivity index (χ4v) is 3.46. The molecule has 2 heterocycles. The lowest BCUT2D eigenvalue weighted by molar-refractivity contribution is 0.336. The highest BCUT2D eigenvalue weighted by atomic mass is 14.9. The van der Waals surface area contributed by atoms with Crippen LogP contribution in [0.3, 0.4) is 0 Å². The zero-order chi connectivity index (χ0) is 10.5. The van der Waals surface area contributed by atoms with E-state index >= 15 is 0 Å². The van der Waals surface area contributed by atoms with Gasteiger partial charge in [0.2, 0.25) is 0 Å². The highest BCUT2D eigenvalue weighted by Crippen LogP contribution is 2.39. The summed E-state index contributed by atoms with van der Waals surface area (Å²) in [6.45, 7) is 1.18. The average molecular weight is 212 g/mol. The van der Waals surface area contributed by atoms with Gasteiger partial charge in [0, 0.05) is 28.6 Å². The molecule has 0 unspecified atom stereocenters. The Kier molecular flexibility index (Phi) is 1.71. The van der Waals surface area contributed by atoms with Gasteiger partial charge in [0.1, 0.15) is 0 Å². The Labute approximate surface area is 95.1 Å². The number of aromatic nitrogens is 1. The molecule has 1 aliphatic carbocycles. The summed E-state index contributed by atoms with van der Waals surface area (Å²) < 4.78 is 0. The Morgan fingerprint density at radius 1 is 1.19 bits per heavy atom. The minimum absolute atomic E-state index is 0.713. The van der Waals surface area contributed by atoms with Crippen molar-refractivity contribution in [2.24, 2.45) is 0 Å². The van der Waals surface area contributed by atoms with Gasteiger partial charge in [-0.1, -0.05) is 18.2 Å². The predicted molar refractivity (Wildman–Crippen MR) is 65.8 cm³/mol. The van der Waals surface area contributed by atoms with Crippen LogP contribution in [0.15, 0.2) is 24.3 Å². The van der Waals surface area contributed by atoms with Crippen LogP contribution in [-0.4, -0.2) is 17.6 Å². The Bertz CT molecular complexity index is 541. The second-order valence-corrected chi connectivity index (χ2v) is 5.14. The van der Waals surface area contributed by atoms with E-state index in [0.717, 1.165) is 5.92 Å². The summed E-state index contributed by atoms with van der Waals surface area (Å²) in [7, 11) is 0. The van der Waals surface area contributed by atoms with E-state index in [0.29, 0.717) is 6.04 Å². The molecule has 0 spiro atoms. The van der Waals surface area contributed by atoms with Crippen molar-refractivity contribution in [2.45, 2.75) is 31.2 Å². The number of hydrogen-bond donors (Lipinski definition) is 2. The molecule has 2 nitrogen and oxygen atoms in total. The average Bonchev–Trinajstić information content (AvgIpc) is 2.69. The number of piperidine rings is 1. The molecule has 2 bridgehead atoms. The molecule has 2 N–H and O–H groups in total. The fraction of sp³-hybridized carbons (Fsp3) is 0.429. The minimum atomic E-state index is 0.713. The van der Waals surface area contributed by atoms with Gasteiger partial charge in [0.05, 0.1) is 0 Å². The number of aromatic amines is 1. The molecule has 0 radical (unpaired) electrons. The summed E-state index contributed by atoms with van der Waals surface area (Å²) in [5.41, 5.74) is 4.42. The maximum atomic E-state index is 3.64. The van der Waals surface area contributed by atoms with Crippen molar-refractivity contribution in [3.05, 3.63) is 35.5 Å². The number of fused-ring (bicyclic) bond motifs is 6. The molecular formula is C14H16N2. The first kappa shape index (κ1) is 8.82. The third-order valence-electron chi connectivity index (χ3n) is 4.20. The number of nitrogens with one attached hydrogen (secondary N) is 2. The third-order valence-corrected chi connectivity index (χ3v) is 4.20. The summed E-state index contributed by atoms with van der Waals surface area (Å²) in [4.78, 5) is 3.64. The molecule has 1 aromatic heterocycles. The highest BCUT2D eigenvalue weighted by molar-refractivity contribution is 5.85. The Balaban J connectivity index is 1.97. The number of H-pyrrole nitrogens is 1.